The molecule has 2 aromatic rings. The van der Waals surface area contributed by atoms with E-state index < -0.39 is 0 Å². The number of rotatable bonds is 6. The zero-order valence-electron chi connectivity index (χ0n) is 14.8. The Morgan fingerprint density at radius 2 is 1.81 bits per heavy atom. The molecule has 0 fully saturated rings. The summed E-state index contributed by atoms with van der Waals surface area (Å²) in [6.45, 7) is 5.92. The molecule has 1 N–H and O–H groups in total. The highest BCUT2D eigenvalue weighted by molar-refractivity contribution is 6.40. The Hall–Kier alpha value is -1.20. The Balaban J connectivity index is 0.00000243. The van der Waals surface area contributed by atoms with Crippen LogP contribution in [0.1, 0.15) is 30.7 Å². The Morgan fingerprint density at radius 3 is 2.38 bits per heavy atom. The highest BCUT2D eigenvalue weighted by Gasteiger charge is 2.13. The van der Waals surface area contributed by atoms with Crippen molar-refractivity contribution in [3.05, 3.63) is 52.0 Å². The summed E-state index contributed by atoms with van der Waals surface area (Å²) >= 11 is 12.1. The van der Waals surface area contributed by atoms with E-state index >= 15 is 0 Å². The van der Waals surface area contributed by atoms with E-state index in [0.717, 1.165) is 51.3 Å². The number of aryl methyl sites for hydroxylation is 1. The number of hydrogen-bond donors (Lipinski definition) is 1. The first kappa shape index (κ1) is 21.1. The van der Waals surface area contributed by atoms with Crippen LogP contribution in [-0.2, 0) is 6.54 Å². The highest BCUT2D eigenvalue weighted by Crippen LogP contribution is 2.25. The van der Waals surface area contributed by atoms with Gasteiger partial charge in [0.05, 0.1) is 0 Å². The van der Waals surface area contributed by atoms with Crippen LogP contribution in [0.4, 0.5) is 0 Å². The van der Waals surface area contributed by atoms with E-state index in [1.54, 1.807) is 12.1 Å². The van der Waals surface area contributed by atoms with Gasteiger partial charge < -0.3 is 9.67 Å². The number of unbranched alkanes of at least 4 members (excludes halogenated alkanes) is 1. The summed E-state index contributed by atoms with van der Waals surface area (Å²) in [4.78, 5) is 6.66. The number of halogens is 3. The van der Waals surface area contributed by atoms with E-state index in [1.807, 2.05) is 23.6 Å². The molecule has 0 atom stereocenters. The molecule has 0 radical (unpaired) electrons. The maximum Gasteiger partial charge on any atom is 0.166 e. The van der Waals surface area contributed by atoms with E-state index in [2.05, 4.69) is 16.0 Å². The predicted molar refractivity (Wildman–Crippen MR) is 111 cm³/mol. The lowest BCUT2D eigenvalue weighted by atomic mass is 9.99. The molecule has 0 saturated heterocycles. The zero-order chi connectivity index (χ0) is 17.8. The van der Waals surface area contributed by atoms with Gasteiger partial charge in [0.25, 0.3) is 0 Å². The molecule has 2 heterocycles. The Bertz CT molecular complexity index is 756. The molecule has 1 aromatic carbocycles. The van der Waals surface area contributed by atoms with E-state index in [-0.39, 0.29) is 12.4 Å². The van der Waals surface area contributed by atoms with E-state index in [0.29, 0.717) is 16.1 Å². The van der Waals surface area contributed by atoms with Crippen molar-refractivity contribution in [1.82, 2.24) is 14.5 Å². The lowest BCUT2D eigenvalue weighted by Crippen LogP contribution is -2.29. The minimum atomic E-state index is 0. The summed E-state index contributed by atoms with van der Waals surface area (Å²) in [5.41, 5.74) is 2.58. The second-order valence-electron chi connectivity index (χ2n) is 6.43. The molecular weight excluding hydrogens is 393 g/mol. The molecule has 1 aromatic heterocycles. The second-order valence-corrected chi connectivity index (χ2v) is 7.14. The number of hydrogen-bond acceptors (Lipinski definition) is 3. The lowest BCUT2D eigenvalue weighted by Gasteiger charge is -2.26. The Morgan fingerprint density at radius 1 is 1.12 bits per heavy atom. The van der Waals surface area contributed by atoms with Crippen molar-refractivity contribution in [2.45, 2.75) is 32.7 Å². The van der Waals surface area contributed by atoms with Crippen molar-refractivity contribution >= 4 is 41.2 Å². The van der Waals surface area contributed by atoms with Crippen molar-refractivity contribution in [2.24, 2.45) is 0 Å². The van der Waals surface area contributed by atoms with Gasteiger partial charge >= 0.3 is 0 Å². The number of phenolic OH excluding ortho intramolecular Hbond substituents is 1. The fraction of sp³-hybridized carbons (Fsp3) is 0.421. The molecule has 142 valence electrons. The molecule has 26 heavy (non-hydrogen) atoms. The third-order valence-corrected chi connectivity index (χ3v) is 5.44. The molecule has 0 saturated carbocycles. The first-order valence-electron chi connectivity index (χ1n) is 8.63. The van der Waals surface area contributed by atoms with Crippen molar-refractivity contribution in [3.63, 3.8) is 0 Å². The van der Waals surface area contributed by atoms with Crippen molar-refractivity contribution in [1.29, 1.82) is 0 Å². The van der Waals surface area contributed by atoms with Crippen molar-refractivity contribution in [3.8, 4) is 5.75 Å². The number of benzene rings is 1. The molecular formula is C19H24Cl3N3O. The molecule has 0 unspecified atom stereocenters. The van der Waals surface area contributed by atoms with E-state index in [4.69, 9.17) is 23.2 Å². The van der Waals surface area contributed by atoms with Crippen LogP contribution < -0.4 is 0 Å². The fourth-order valence-electron chi connectivity index (χ4n) is 3.22. The quantitative estimate of drug-likeness (QED) is 0.658. The number of nitrogens with zero attached hydrogens (tertiary/aromatic N) is 3. The topological polar surface area (TPSA) is 41.3 Å². The minimum Gasteiger partial charge on any atom is -0.508 e. The van der Waals surface area contributed by atoms with Crippen LogP contribution in [0.25, 0.3) is 5.57 Å². The summed E-state index contributed by atoms with van der Waals surface area (Å²) in [5, 5.41) is 10.3. The van der Waals surface area contributed by atoms with E-state index in [9.17, 15) is 5.11 Å². The van der Waals surface area contributed by atoms with Gasteiger partial charge in [0.2, 0.25) is 0 Å². The van der Waals surface area contributed by atoms with Crippen LogP contribution >= 0.6 is 35.6 Å². The Labute approximate surface area is 170 Å². The zero-order valence-corrected chi connectivity index (χ0v) is 17.1. The van der Waals surface area contributed by atoms with E-state index in [1.165, 1.54) is 11.1 Å². The minimum absolute atomic E-state index is 0. The van der Waals surface area contributed by atoms with Crippen molar-refractivity contribution < 1.29 is 5.11 Å². The fourth-order valence-corrected chi connectivity index (χ4v) is 3.69. The normalized spacial score (nSPS) is 14.8. The van der Waals surface area contributed by atoms with Gasteiger partial charge in [-0.3, -0.25) is 4.90 Å². The van der Waals surface area contributed by atoms with Crippen molar-refractivity contribution in [2.75, 3.05) is 19.6 Å². The lowest BCUT2D eigenvalue weighted by molar-refractivity contribution is 0.292. The molecule has 1 aliphatic heterocycles. The maximum absolute atomic E-state index is 9.39. The first-order chi connectivity index (χ1) is 12.0. The number of imidazole rings is 1. The number of aromatic nitrogens is 2. The summed E-state index contributed by atoms with van der Waals surface area (Å²) in [6.07, 6.45) is 5.52. The molecule has 3 rings (SSSR count). The third-order valence-electron chi connectivity index (χ3n) is 4.70. The predicted octanol–water partition coefficient (Wildman–Crippen LogP) is 5.20. The largest absolute Gasteiger partial charge is 0.508 e. The summed E-state index contributed by atoms with van der Waals surface area (Å²) in [6, 6.07) is 7.47. The number of phenols is 1. The maximum atomic E-state index is 9.39. The summed E-state index contributed by atoms with van der Waals surface area (Å²) in [7, 11) is 0. The van der Waals surface area contributed by atoms with Crippen LogP contribution in [0.2, 0.25) is 10.3 Å². The first-order valence-corrected chi connectivity index (χ1v) is 9.39. The highest BCUT2D eigenvalue weighted by atomic mass is 35.5. The standard InChI is InChI=1S/C19H23Cl2N3O.ClH/c1-14-22-18(20)19(21)24(14)11-3-2-10-23-12-8-16(9-13-23)15-4-6-17(25)7-5-15;/h4-8,25H,2-3,9-13H2,1H3;1H. The molecule has 7 heteroatoms. The third kappa shape index (κ3) is 5.17. The Kier molecular flexibility index (Phi) is 7.84. The van der Waals surface area contributed by atoms with Crippen LogP contribution in [0.5, 0.6) is 5.75 Å². The van der Waals surface area contributed by atoms with Gasteiger partial charge in [-0.05, 0) is 56.0 Å². The molecule has 0 bridgehead atoms. The average Bonchev–Trinajstić information content (AvgIpc) is 2.86. The smallest absolute Gasteiger partial charge is 0.166 e. The van der Waals surface area contributed by atoms with Crippen LogP contribution in [0, 0.1) is 6.92 Å². The van der Waals surface area contributed by atoms with Crippen LogP contribution in [0.3, 0.4) is 0 Å². The van der Waals surface area contributed by atoms with Gasteiger partial charge in [0.15, 0.2) is 5.15 Å². The monoisotopic (exact) mass is 415 g/mol. The SMILES string of the molecule is Cc1nc(Cl)c(Cl)n1CCCCN1CC=C(c2ccc(O)cc2)CC1.Cl. The second kappa shape index (κ2) is 9.65. The number of aromatic hydroxyl groups is 1. The van der Waals surface area contributed by atoms with Gasteiger partial charge in [0.1, 0.15) is 16.7 Å². The van der Waals surface area contributed by atoms with Crippen LogP contribution in [0.15, 0.2) is 30.3 Å². The van der Waals surface area contributed by atoms with Gasteiger partial charge in [-0.1, -0.05) is 41.4 Å². The molecule has 0 aliphatic carbocycles. The summed E-state index contributed by atoms with van der Waals surface area (Å²) < 4.78 is 1.98. The van der Waals surface area contributed by atoms with Gasteiger partial charge in [-0.2, -0.15) is 0 Å². The van der Waals surface area contributed by atoms with Crippen LogP contribution in [-0.4, -0.2) is 39.2 Å². The summed E-state index contributed by atoms with van der Waals surface area (Å²) in [5.74, 6) is 1.19. The molecule has 0 amide bonds. The molecule has 1 aliphatic rings. The van der Waals surface area contributed by atoms with Gasteiger partial charge in [-0.25, -0.2) is 4.98 Å². The average molecular weight is 417 g/mol. The molecule has 0 spiro atoms. The van der Waals surface area contributed by atoms with Gasteiger partial charge in [0, 0.05) is 19.6 Å². The molecule has 4 nitrogen and oxygen atoms in total. The van der Waals surface area contributed by atoms with Gasteiger partial charge in [-0.15, -0.1) is 12.4 Å².